The van der Waals surface area contributed by atoms with Crippen molar-refractivity contribution in [3.05, 3.63) is 18.7 Å². The fourth-order valence-electron chi connectivity index (χ4n) is 2.11. The standard InChI is InChI=1S/C13H23N5O7S/c1-3-5-11(18(4-2)13(20)16-25-26(21,22)23)12(19)15-24-9-8-17-7-6-14-10-17/h6-7,10-11H,3-5,8-9H2,1-2H3,(H,15,19)(H,16,20)(H,21,22,23)/t11-/m0/s1. The van der Waals surface area contributed by atoms with Crippen LogP contribution in [0.3, 0.4) is 0 Å². The summed E-state index contributed by atoms with van der Waals surface area (Å²) < 4.78 is 35.2. The zero-order valence-electron chi connectivity index (χ0n) is 14.5. The van der Waals surface area contributed by atoms with Crippen LogP contribution in [0.25, 0.3) is 0 Å². The molecule has 1 rings (SSSR count). The van der Waals surface area contributed by atoms with Gasteiger partial charge in [-0.05, 0) is 13.3 Å². The molecule has 0 bridgehead atoms. The van der Waals surface area contributed by atoms with E-state index < -0.39 is 28.4 Å². The minimum atomic E-state index is -4.85. The minimum Gasteiger partial charge on any atom is -0.335 e. The van der Waals surface area contributed by atoms with E-state index >= 15 is 0 Å². The number of hydrogen-bond acceptors (Lipinski definition) is 7. The number of hydroxylamine groups is 2. The average Bonchev–Trinajstić information content (AvgIpc) is 3.09. The van der Waals surface area contributed by atoms with E-state index in [-0.39, 0.29) is 13.2 Å². The Labute approximate surface area is 151 Å². The number of nitrogens with zero attached hydrogens (tertiary/aromatic N) is 3. The number of amides is 3. The summed E-state index contributed by atoms with van der Waals surface area (Å²) in [5, 5.41) is 0. The molecule has 13 heteroatoms. The first kappa shape index (κ1) is 21.8. The second-order valence-electron chi connectivity index (χ2n) is 5.12. The monoisotopic (exact) mass is 393 g/mol. The van der Waals surface area contributed by atoms with Crippen LogP contribution in [-0.2, 0) is 30.9 Å². The number of hydrogen-bond donors (Lipinski definition) is 3. The number of rotatable bonds is 11. The summed E-state index contributed by atoms with van der Waals surface area (Å²) in [4.78, 5) is 34.4. The zero-order chi connectivity index (χ0) is 19.6. The number of imidazole rings is 1. The van der Waals surface area contributed by atoms with Crippen LogP contribution in [0, 0.1) is 0 Å². The molecule has 0 radical (unpaired) electrons. The Morgan fingerprint density at radius 2 is 2.08 bits per heavy atom. The van der Waals surface area contributed by atoms with Gasteiger partial charge >= 0.3 is 16.4 Å². The molecule has 1 aromatic rings. The highest BCUT2D eigenvalue weighted by Crippen LogP contribution is 2.08. The van der Waals surface area contributed by atoms with Gasteiger partial charge in [0.25, 0.3) is 5.91 Å². The molecule has 0 spiro atoms. The van der Waals surface area contributed by atoms with Crippen molar-refractivity contribution in [2.75, 3.05) is 13.2 Å². The van der Waals surface area contributed by atoms with Crippen LogP contribution in [0.15, 0.2) is 18.7 Å². The van der Waals surface area contributed by atoms with E-state index in [2.05, 4.69) is 14.7 Å². The summed E-state index contributed by atoms with van der Waals surface area (Å²) in [5.74, 6) is -0.568. The lowest BCUT2D eigenvalue weighted by Crippen LogP contribution is -2.53. The maximum Gasteiger partial charge on any atom is 0.418 e. The topological polar surface area (TPSA) is 152 Å². The number of nitrogens with one attached hydrogen (secondary N) is 2. The Morgan fingerprint density at radius 3 is 2.62 bits per heavy atom. The first-order valence-corrected chi connectivity index (χ1v) is 9.24. The van der Waals surface area contributed by atoms with E-state index in [0.717, 1.165) is 4.90 Å². The van der Waals surface area contributed by atoms with Gasteiger partial charge in [0.1, 0.15) is 6.04 Å². The number of urea groups is 1. The molecule has 1 aromatic heterocycles. The molecule has 0 aromatic carbocycles. The highest BCUT2D eigenvalue weighted by atomic mass is 32.3. The van der Waals surface area contributed by atoms with Gasteiger partial charge in [-0.15, -0.1) is 4.28 Å². The molecule has 0 fully saturated rings. The normalized spacial score (nSPS) is 12.4. The minimum absolute atomic E-state index is 0.0911. The van der Waals surface area contributed by atoms with Gasteiger partial charge < -0.3 is 9.47 Å². The van der Waals surface area contributed by atoms with Gasteiger partial charge in [-0.2, -0.15) is 13.9 Å². The third-order valence-corrected chi connectivity index (χ3v) is 3.55. The Morgan fingerprint density at radius 1 is 1.35 bits per heavy atom. The molecule has 1 atom stereocenters. The van der Waals surface area contributed by atoms with Crippen molar-refractivity contribution in [1.82, 2.24) is 25.4 Å². The van der Waals surface area contributed by atoms with Crippen LogP contribution in [0.5, 0.6) is 0 Å². The van der Waals surface area contributed by atoms with Crippen molar-refractivity contribution < 1.29 is 31.7 Å². The van der Waals surface area contributed by atoms with E-state index in [1.807, 2.05) is 6.92 Å². The van der Waals surface area contributed by atoms with Gasteiger partial charge in [-0.3, -0.25) is 14.2 Å². The van der Waals surface area contributed by atoms with E-state index in [1.54, 1.807) is 35.7 Å². The fourth-order valence-corrected chi connectivity index (χ4v) is 2.29. The molecule has 26 heavy (non-hydrogen) atoms. The molecule has 0 saturated carbocycles. The highest BCUT2D eigenvalue weighted by Gasteiger charge is 2.29. The van der Waals surface area contributed by atoms with Crippen molar-refractivity contribution >= 4 is 22.3 Å². The van der Waals surface area contributed by atoms with Crippen LogP contribution in [0.4, 0.5) is 4.79 Å². The van der Waals surface area contributed by atoms with Gasteiger partial charge in [-0.1, -0.05) is 13.3 Å². The second kappa shape index (κ2) is 10.7. The molecule has 3 amide bonds. The van der Waals surface area contributed by atoms with Gasteiger partial charge in [0.15, 0.2) is 0 Å². The average molecular weight is 393 g/mol. The van der Waals surface area contributed by atoms with E-state index in [0.29, 0.717) is 19.4 Å². The second-order valence-corrected chi connectivity index (χ2v) is 6.15. The maximum atomic E-state index is 12.3. The summed E-state index contributed by atoms with van der Waals surface area (Å²) in [6.45, 7) is 4.17. The SMILES string of the molecule is CCC[C@@H](C(=O)NOCCn1ccnc1)N(CC)C(=O)NOS(=O)(=O)O. The Balaban J connectivity index is 2.58. The number of carbonyl (C=O) groups excluding carboxylic acids is 2. The molecule has 0 aliphatic rings. The Kier molecular flexibility index (Phi) is 8.98. The lowest BCUT2D eigenvalue weighted by atomic mass is 10.1. The molecular weight excluding hydrogens is 370 g/mol. The summed E-state index contributed by atoms with van der Waals surface area (Å²) in [6.07, 6.45) is 5.84. The third-order valence-electron chi connectivity index (χ3n) is 3.26. The highest BCUT2D eigenvalue weighted by molar-refractivity contribution is 7.80. The smallest absolute Gasteiger partial charge is 0.335 e. The number of aromatic nitrogens is 2. The van der Waals surface area contributed by atoms with Crippen molar-refractivity contribution in [1.29, 1.82) is 0 Å². The van der Waals surface area contributed by atoms with Crippen molar-refractivity contribution in [3.8, 4) is 0 Å². The molecule has 0 aliphatic carbocycles. The largest absolute Gasteiger partial charge is 0.418 e. The molecule has 148 valence electrons. The molecule has 0 saturated heterocycles. The zero-order valence-corrected chi connectivity index (χ0v) is 15.3. The third kappa shape index (κ3) is 7.77. The molecule has 12 nitrogen and oxygen atoms in total. The quantitative estimate of drug-likeness (QED) is 0.267. The summed E-state index contributed by atoms with van der Waals surface area (Å²) in [6, 6.07) is -1.90. The van der Waals surface area contributed by atoms with Crippen LogP contribution in [-0.4, -0.2) is 58.6 Å². The van der Waals surface area contributed by atoms with Gasteiger partial charge in [0, 0.05) is 25.5 Å². The first-order valence-electron chi connectivity index (χ1n) is 7.88. The summed E-state index contributed by atoms with van der Waals surface area (Å²) in [5.41, 5.74) is 3.84. The van der Waals surface area contributed by atoms with E-state index in [1.165, 1.54) is 0 Å². The van der Waals surface area contributed by atoms with Gasteiger partial charge in [-0.25, -0.2) is 15.3 Å². The van der Waals surface area contributed by atoms with Crippen LogP contribution in [0.2, 0.25) is 0 Å². The van der Waals surface area contributed by atoms with Gasteiger partial charge in [0.2, 0.25) is 0 Å². The van der Waals surface area contributed by atoms with Gasteiger partial charge in [0.05, 0.1) is 12.9 Å². The lowest BCUT2D eigenvalue weighted by molar-refractivity contribution is -0.138. The predicted octanol–water partition coefficient (Wildman–Crippen LogP) is -0.134. The lowest BCUT2D eigenvalue weighted by Gasteiger charge is -2.29. The van der Waals surface area contributed by atoms with E-state index in [9.17, 15) is 18.0 Å². The Hall–Kier alpha value is -2.22. The molecule has 3 N–H and O–H groups in total. The maximum absolute atomic E-state index is 12.3. The fraction of sp³-hybridized carbons (Fsp3) is 0.615. The summed E-state index contributed by atoms with van der Waals surface area (Å²) >= 11 is 0. The Bertz CT molecular complexity index is 664. The van der Waals surface area contributed by atoms with Crippen LogP contribution in [0.1, 0.15) is 26.7 Å². The van der Waals surface area contributed by atoms with Crippen LogP contribution < -0.4 is 11.0 Å². The summed E-state index contributed by atoms with van der Waals surface area (Å²) in [7, 11) is -4.85. The van der Waals surface area contributed by atoms with Crippen molar-refractivity contribution in [3.63, 3.8) is 0 Å². The molecular formula is C13H23N5O7S. The van der Waals surface area contributed by atoms with Crippen molar-refractivity contribution in [2.24, 2.45) is 0 Å². The van der Waals surface area contributed by atoms with Crippen LogP contribution >= 0.6 is 0 Å². The predicted molar refractivity (Wildman–Crippen MR) is 88.6 cm³/mol. The molecule has 1 heterocycles. The number of carbonyl (C=O) groups is 2. The molecule has 0 aliphatic heterocycles. The van der Waals surface area contributed by atoms with E-state index in [4.69, 9.17) is 9.39 Å². The first-order chi connectivity index (χ1) is 12.3. The van der Waals surface area contributed by atoms with Crippen molar-refractivity contribution in [2.45, 2.75) is 39.3 Å². The number of likely N-dealkylation sites (N-methyl/N-ethyl adjacent to an activating group) is 1. The molecule has 0 unspecified atom stereocenters.